The lowest BCUT2D eigenvalue weighted by molar-refractivity contribution is 0.292. The third kappa shape index (κ3) is 3.14. The number of rotatable bonds is 1. The van der Waals surface area contributed by atoms with Gasteiger partial charge in [0, 0.05) is 30.1 Å². The van der Waals surface area contributed by atoms with Gasteiger partial charge in [-0.2, -0.15) is 5.10 Å². The van der Waals surface area contributed by atoms with E-state index in [2.05, 4.69) is 27.3 Å². The predicted octanol–water partition coefficient (Wildman–Crippen LogP) is 3.00. The van der Waals surface area contributed by atoms with Crippen molar-refractivity contribution in [1.82, 2.24) is 19.9 Å². The Morgan fingerprint density at radius 3 is 3.07 bits per heavy atom. The average molecular weight is 369 g/mol. The van der Waals surface area contributed by atoms with Crippen LogP contribution in [0.4, 0.5) is 10.2 Å². The van der Waals surface area contributed by atoms with Gasteiger partial charge in [-0.05, 0) is 19.1 Å². The number of aromatic nitrogens is 3. The second-order valence-corrected chi connectivity index (χ2v) is 6.29. The van der Waals surface area contributed by atoms with Crippen LogP contribution in [0, 0.1) is 5.82 Å². The summed E-state index contributed by atoms with van der Waals surface area (Å²) in [6.45, 7) is 6.85. The third-order valence-electron chi connectivity index (χ3n) is 4.48. The van der Waals surface area contributed by atoms with Gasteiger partial charge in [-0.1, -0.05) is 6.58 Å². The van der Waals surface area contributed by atoms with Gasteiger partial charge >= 0.3 is 0 Å². The van der Waals surface area contributed by atoms with Crippen LogP contribution in [0.25, 0.3) is 11.3 Å². The fourth-order valence-corrected chi connectivity index (χ4v) is 3.13. The molecule has 140 valence electrons. The molecule has 0 unspecified atom stereocenters. The van der Waals surface area contributed by atoms with Crippen molar-refractivity contribution in [3.05, 3.63) is 54.1 Å². The molecule has 1 aliphatic heterocycles. The van der Waals surface area contributed by atoms with Crippen molar-refractivity contribution in [2.24, 2.45) is 0 Å². The highest BCUT2D eigenvalue weighted by atomic mass is 19.1. The largest absolute Gasteiger partial charge is 0.493 e. The fourth-order valence-electron chi connectivity index (χ4n) is 3.13. The molecule has 1 aromatic carbocycles. The zero-order valence-electron chi connectivity index (χ0n) is 15.1. The Balaban J connectivity index is 1.82. The molecule has 0 saturated carbocycles. The lowest BCUT2D eigenvalue weighted by Gasteiger charge is -2.21. The number of nitrogens with zero attached hydrogens (tertiary/aromatic N) is 3. The predicted molar refractivity (Wildman–Crippen MR) is 101 cm³/mol. The Hall–Kier alpha value is -3.29. The molecule has 0 saturated heterocycles. The fraction of sp³-hybridized carbons (Fsp3) is 0.263. The molecule has 3 heterocycles. The maximum absolute atomic E-state index is 14.1. The summed E-state index contributed by atoms with van der Waals surface area (Å²) in [7, 11) is 1.49. The minimum atomic E-state index is -0.389. The van der Waals surface area contributed by atoms with E-state index in [9.17, 15) is 4.39 Å². The van der Waals surface area contributed by atoms with E-state index in [0.29, 0.717) is 47.4 Å². The van der Waals surface area contributed by atoms with Crippen LogP contribution in [0.15, 0.2) is 37.2 Å². The first kappa shape index (κ1) is 17.1. The molecule has 7 nitrogen and oxygen atoms in total. The summed E-state index contributed by atoms with van der Waals surface area (Å²) < 4.78 is 27.0. The number of hydrogen-bond acceptors (Lipinski definition) is 6. The number of anilines is 1. The normalized spacial score (nSPS) is 17.0. The second-order valence-electron chi connectivity index (χ2n) is 6.29. The SMILES string of the molecule is C=C1NCCOc2c(OC)cc(F)cc2[C@@H](C)Nc2ccn3ncc1c3n2. The van der Waals surface area contributed by atoms with E-state index in [1.54, 1.807) is 10.7 Å². The van der Waals surface area contributed by atoms with E-state index in [4.69, 9.17) is 9.47 Å². The Morgan fingerprint density at radius 1 is 1.41 bits per heavy atom. The highest BCUT2D eigenvalue weighted by molar-refractivity contribution is 5.73. The molecule has 8 heteroatoms. The van der Waals surface area contributed by atoms with E-state index in [1.165, 1.54) is 19.2 Å². The molecule has 0 spiro atoms. The Kier molecular flexibility index (Phi) is 4.31. The number of fused-ring (bicyclic) bond motifs is 2. The molecule has 2 N–H and O–H groups in total. The number of hydrogen-bond donors (Lipinski definition) is 2. The molecule has 2 bridgehead atoms. The van der Waals surface area contributed by atoms with Crippen molar-refractivity contribution < 1.29 is 13.9 Å². The average Bonchev–Trinajstić information content (AvgIpc) is 3.08. The third-order valence-corrected chi connectivity index (χ3v) is 4.48. The molecule has 4 rings (SSSR count). The van der Waals surface area contributed by atoms with E-state index in [-0.39, 0.29) is 11.9 Å². The molecular formula is C19H20FN5O2. The van der Waals surface area contributed by atoms with Crippen molar-refractivity contribution in [3.63, 3.8) is 0 Å². The van der Waals surface area contributed by atoms with Gasteiger partial charge in [0.15, 0.2) is 17.1 Å². The van der Waals surface area contributed by atoms with Gasteiger partial charge in [0.1, 0.15) is 18.2 Å². The zero-order valence-corrected chi connectivity index (χ0v) is 15.1. The zero-order chi connectivity index (χ0) is 19.0. The highest BCUT2D eigenvalue weighted by Gasteiger charge is 2.20. The summed E-state index contributed by atoms with van der Waals surface area (Å²) in [5.41, 5.74) is 2.85. The number of methoxy groups -OCH3 is 1. The number of nitrogens with one attached hydrogen (secondary N) is 2. The molecule has 0 amide bonds. The van der Waals surface area contributed by atoms with Crippen molar-refractivity contribution in [3.8, 4) is 11.5 Å². The topological polar surface area (TPSA) is 72.7 Å². The van der Waals surface area contributed by atoms with E-state index in [1.807, 2.05) is 19.2 Å². The summed E-state index contributed by atoms with van der Waals surface area (Å²) in [4.78, 5) is 4.64. The molecule has 27 heavy (non-hydrogen) atoms. The lowest BCUT2D eigenvalue weighted by Crippen LogP contribution is -2.20. The maximum Gasteiger partial charge on any atom is 0.166 e. The first-order chi connectivity index (χ1) is 13.1. The Morgan fingerprint density at radius 2 is 2.26 bits per heavy atom. The smallest absolute Gasteiger partial charge is 0.166 e. The van der Waals surface area contributed by atoms with Gasteiger partial charge in [-0.15, -0.1) is 0 Å². The van der Waals surface area contributed by atoms with Gasteiger partial charge in [0.25, 0.3) is 0 Å². The number of benzene rings is 1. The first-order valence-corrected chi connectivity index (χ1v) is 8.61. The summed E-state index contributed by atoms with van der Waals surface area (Å²) in [5.74, 6) is 1.11. The van der Waals surface area contributed by atoms with Crippen LogP contribution in [0.1, 0.15) is 24.1 Å². The molecule has 0 aliphatic carbocycles. The van der Waals surface area contributed by atoms with Crippen molar-refractivity contribution in [1.29, 1.82) is 0 Å². The Bertz CT molecular complexity index is 1020. The van der Waals surface area contributed by atoms with Gasteiger partial charge in [-0.3, -0.25) is 0 Å². The molecule has 1 atom stereocenters. The number of ether oxygens (including phenoxy) is 2. The molecule has 2 aromatic heterocycles. The second kappa shape index (κ2) is 6.79. The molecule has 3 aromatic rings. The van der Waals surface area contributed by atoms with Crippen LogP contribution in [-0.4, -0.2) is 34.9 Å². The summed E-state index contributed by atoms with van der Waals surface area (Å²) in [6, 6.07) is 4.32. The van der Waals surface area contributed by atoms with Crippen molar-refractivity contribution in [2.75, 3.05) is 25.6 Å². The quantitative estimate of drug-likeness (QED) is 0.687. The molecular weight excluding hydrogens is 349 g/mol. The van der Waals surface area contributed by atoms with Crippen LogP contribution in [0.5, 0.6) is 11.5 Å². The van der Waals surface area contributed by atoms with Crippen LogP contribution in [0.3, 0.4) is 0 Å². The van der Waals surface area contributed by atoms with Crippen molar-refractivity contribution >= 4 is 17.2 Å². The molecule has 0 radical (unpaired) electrons. The van der Waals surface area contributed by atoms with Crippen molar-refractivity contribution in [2.45, 2.75) is 13.0 Å². The van der Waals surface area contributed by atoms with Crippen LogP contribution in [0.2, 0.25) is 0 Å². The monoisotopic (exact) mass is 369 g/mol. The summed E-state index contributed by atoms with van der Waals surface area (Å²) >= 11 is 0. The maximum atomic E-state index is 14.1. The van der Waals surface area contributed by atoms with Crippen LogP contribution in [-0.2, 0) is 0 Å². The van der Waals surface area contributed by atoms with E-state index >= 15 is 0 Å². The minimum Gasteiger partial charge on any atom is -0.493 e. The van der Waals surface area contributed by atoms with Gasteiger partial charge in [0.2, 0.25) is 0 Å². The van der Waals surface area contributed by atoms with E-state index in [0.717, 1.165) is 5.56 Å². The standard InChI is InChI=1S/C19H20FN5O2/c1-11-15-10-22-25-6-4-17(24-19(15)25)23-12(2)14-8-13(20)9-16(26-3)18(14)27-7-5-21-11/h4,6,8-10,12,21H,1,5,7H2,2-3H3,(H,23,24)/t12-/m1/s1. The van der Waals surface area contributed by atoms with E-state index < -0.39 is 0 Å². The molecule has 0 fully saturated rings. The minimum absolute atomic E-state index is 0.261. The van der Waals surface area contributed by atoms with Gasteiger partial charge < -0.3 is 20.1 Å². The lowest BCUT2D eigenvalue weighted by atomic mass is 10.1. The summed E-state index contributed by atoms with van der Waals surface area (Å²) in [5, 5.41) is 10.8. The van der Waals surface area contributed by atoms with Crippen LogP contribution >= 0.6 is 0 Å². The van der Waals surface area contributed by atoms with Crippen LogP contribution < -0.4 is 20.1 Å². The molecule has 1 aliphatic rings. The first-order valence-electron chi connectivity index (χ1n) is 8.61. The van der Waals surface area contributed by atoms with Gasteiger partial charge in [0.05, 0.1) is 24.9 Å². The highest BCUT2D eigenvalue weighted by Crippen LogP contribution is 2.37. The Labute approximate surface area is 155 Å². The summed E-state index contributed by atoms with van der Waals surface area (Å²) in [6.07, 6.45) is 3.54. The van der Waals surface area contributed by atoms with Gasteiger partial charge in [-0.25, -0.2) is 13.9 Å². The number of halogens is 1.